The van der Waals surface area contributed by atoms with E-state index in [1.165, 1.54) is 12.4 Å². The summed E-state index contributed by atoms with van der Waals surface area (Å²) in [6.45, 7) is 2.87. The molecule has 0 radical (unpaired) electrons. The molecule has 1 aromatic heterocycles. The number of nitrogens with one attached hydrogen (secondary N) is 2. The second-order valence-corrected chi connectivity index (χ2v) is 7.52. The van der Waals surface area contributed by atoms with Gasteiger partial charge in [0.1, 0.15) is 4.90 Å². The van der Waals surface area contributed by atoms with Crippen molar-refractivity contribution in [3.63, 3.8) is 0 Å². The average Bonchev–Trinajstić information content (AvgIpc) is 2.55. The first-order valence-electron chi connectivity index (χ1n) is 7.68. The van der Waals surface area contributed by atoms with Crippen molar-refractivity contribution in [2.75, 3.05) is 6.54 Å². The minimum atomic E-state index is -3.59. The normalized spacial score (nSPS) is 21.0. The Morgan fingerprint density at radius 1 is 1.17 bits per heavy atom. The van der Waals surface area contributed by atoms with E-state index >= 15 is 0 Å². The monoisotopic (exact) mass is 368 g/mol. The fourth-order valence-corrected chi connectivity index (χ4v) is 3.89. The lowest BCUT2D eigenvalue weighted by molar-refractivity contribution is 0.361. The second-order valence-electron chi connectivity index (χ2n) is 5.81. The molecule has 2 unspecified atom stereocenters. The van der Waals surface area contributed by atoms with E-state index in [4.69, 9.17) is 0 Å². The van der Waals surface area contributed by atoms with Crippen LogP contribution >= 0.6 is 12.4 Å². The second kappa shape index (κ2) is 8.02. The summed E-state index contributed by atoms with van der Waals surface area (Å²) in [4.78, 5) is 8.46. The largest absolute Gasteiger partial charge is 0.314 e. The average molecular weight is 369 g/mol. The molecule has 1 fully saturated rings. The van der Waals surface area contributed by atoms with Gasteiger partial charge < -0.3 is 5.32 Å². The summed E-state index contributed by atoms with van der Waals surface area (Å²) in [7, 11) is -3.59. The van der Waals surface area contributed by atoms with E-state index in [-0.39, 0.29) is 23.3 Å². The molecule has 1 aromatic carbocycles. The molecule has 6 nitrogen and oxygen atoms in total. The SMILES string of the molecule is CC1CC(NS(=O)(=O)c2cnc(-c3ccccc3)nc2)CCN1.Cl. The first-order valence-corrected chi connectivity index (χ1v) is 9.16. The van der Waals surface area contributed by atoms with Gasteiger partial charge in [0.15, 0.2) is 5.82 Å². The molecule has 0 saturated carbocycles. The van der Waals surface area contributed by atoms with Crippen LogP contribution in [0.1, 0.15) is 19.8 Å². The van der Waals surface area contributed by atoms with Crippen LogP contribution in [-0.2, 0) is 10.0 Å². The summed E-state index contributed by atoms with van der Waals surface area (Å²) < 4.78 is 27.6. The van der Waals surface area contributed by atoms with E-state index in [1.54, 1.807) is 0 Å². The Morgan fingerprint density at radius 2 is 1.83 bits per heavy atom. The van der Waals surface area contributed by atoms with Crippen molar-refractivity contribution < 1.29 is 8.42 Å². The summed E-state index contributed by atoms with van der Waals surface area (Å²) >= 11 is 0. The highest BCUT2D eigenvalue weighted by atomic mass is 35.5. The van der Waals surface area contributed by atoms with Crippen molar-refractivity contribution in [3.05, 3.63) is 42.7 Å². The molecule has 8 heteroatoms. The predicted octanol–water partition coefficient (Wildman–Crippen LogP) is 1.98. The number of hydrogen-bond donors (Lipinski definition) is 2. The van der Waals surface area contributed by atoms with Gasteiger partial charge in [-0.25, -0.2) is 23.1 Å². The number of aromatic nitrogens is 2. The highest BCUT2D eigenvalue weighted by Gasteiger charge is 2.24. The fraction of sp³-hybridized carbons (Fsp3) is 0.375. The van der Waals surface area contributed by atoms with E-state index in [0.717, 1.165) is 24.9 Å². The minimum Gasteiger partial charge on any atom is -0.314 e. The first kappa shape index (κ1) is 18.8. The van der Waals surface area contributed by atoms with Gasteiger partial charge in [0.2, 0.25) is 10.0 Å². The minimum absolute atomic E-state index is 0. The van der Waals surface area contributed by atoms with Crippen molar-refractivity contribution in [2.45, 2.75) is 36.7 Å². The molecule has 2 N–H and O–H groups in total. The first-order chi connectivity index (χ1) is 11.0. The number of sulfonamides is 1. The number of rotatable bonds is 4. The Labute approximate surface area is 148 Å². The highest BCUT2D eigenvalue weighted by Crippen LogP contribution is 2.16. The lowest BCUT2D eigenvalue weighted by Crippen LogP contribution is -2.46. The summed E-state index contributed by atoms with van der Waals surface area (Å²) in [5, 5.41) is 3.30. The van der Waals surface area contributed by atoms with Gasteiger partial charge in [-0.1, -0.05) is 30.3 Å². The van der Waals surface area contributed by atoms with Crippen molar-refractivity contribution in [2.24, 2.45) is 0 Å². The van der Waals surface area contributed by atoms with Gasteiger partial charge in [-0.15, -0.1) is 12.4 Å². The van der Waals surface area contributed by atoms with Gasteiger partial charge in [0.05, 0.1) is 12.4 Å². The molecule has 2 aromatic rings. The highest BCUT2D eigenvalue weighted by molar-refractivity contribution is 7.89. The molecule has 1 saturated heterocycles. The van der Waals surface area contributed by atoms with Crippen LogP contribution in [0, 0.1) is 0 Å². The quantitative estimate of drug-likeness (QED) is 0.862. The maximum Gasteiger partial charge on any atom is 0.243 e. The third-order valence-electron chi connectivity index (χ3n) is 3.92. The van der Waals surface area contributed by atoms with Crippen LogP contribution in [0.15, 0.2) is 47.6 Å². The summed E-state index contributed by atoms with van der Waals surface area (Å²) in [6, 6.07) is 9.73. The Balaban J connectivity index is 0.00000208. The summed E-state index contributed by atoms with van der Waals surface area (Å²) in [5.41, 5.74) is 0.858. The lowest BCUT2D eigenvalue weighted by atomic mass is 10.0. The molecule has 130 valence electrons. The van der Waals surface area contributed by atoms with Crippen LogP contribution in [0.4, 0.5) is 0 Å². The van der Waals surface area contributed by atoms with Gasteiger partial charge in [-0.05, 0) is 26.3 Å². The maximum absolute atomic E-state index is 12.4. The van der Waals surface area contributed by atoms with Crippen molar-refractivity contribution in [1.29, 1.82) is 0 Å². The molecule has 0 bridgehead atoms. The molecular weight excluding hydrogens is 348 g/mol. The Bertz CT molecular complexity index is 753. The smallest absolute Gasteiger partial charge is 0.243 e. The number of halogens is 1. The van der Waals surface area contributed by atoms with E-state index < -0.39 is 10.0 Å². The van der Waals surface area contributed by atoms with Crippen LogP contribution < -0.4 is 10.0 Å². The van der Waals surface area contributed by atoms with E-state index in [0.29, 0.717) is 11.9 Å². The van der Waals surface area contributed by atoms with E-state index in [1.807, 2.05) is 30.3 Å². The van der Waals surface area contributed by atoms with Gasteiger partial charge in [-0.3, -0.25) is 0 Å². The zero-order chi connectivity index (χ0) is 16.3. The van der Waals surface area contributed by atoms with E-state index in [2.05, 4.69) is 26.9 Å². The van der Waals surface area contributed by atoms with Gasteiger partial charge in [0, 0.05) is 17.6 Å². The summed E-state index contributed by atoms with van der Waals surface area (Å²) in [6.07, 6.45) is 4.29. The number of benzene rings is 1. The maximum atomic E-state index is 12.4. The summed E-state index contributed by atoms with van der Waals surface area (Å²) in [5.74, 6) is 0.514. The molecule has 0 aliphatic carbocycles. The molecule has 1 aliphatic heterocycles. The van der Waals surface area contributed by atoms with Crippen LogP contribution in [0.2, 0.25) is 0 Å². The molecule has 2 heterocycles. The molecule has 2 atom stereocenters. The molecule has 24 heavy (non-hydrogen) atoms. The molecule has 1 aliphatic rings. The van der Waals surface area contributed by atoms with Crippen LogP contribution in [0.3, 0.4) is 0 Å². The van der Waals surface area contributed by atoms with Gasteiger partial charge >= 0.3 is 0 Å². The molecular formula is C16H21ClN4O2S. The number of nitrogens with zero attached hydrogens (tertiary/aromatic N) is 2. The topological polar surface area (TPSA) is 84.0 Å². The van der Waals surface area contributed by atoms with Crippen molar-refractivity contribution in [1.82, 2.24) is 20.0 Å². The zero-order valence-corrected chi connectivity index (χ0v) is 15.0. The predicted molar refractivity (Wildman–Crippen MR) is 95.5 cm³/mol. The third kappa shape index (κ3) is 4.51. The van der Waals surface area contributed by atoms with Gasteiger partial charge in [-0.2, -0.15) is 0 Å². The molecule has 0 amide bonds. The van der Waals surface area contributed by atoms with Crippen molar-refractivity contribution in [3.8, 4) is 11.4 Å². The Morgan fingerprint density at radius 3 is 2.46 bits per heavy atom. The standard InChI is InChI=1S/C16H20N4O2S.ClH/c1-12-9-14(7-8-17-12)20-23(21,22)15-10-18-16(19-11-15)13-5-3-2-4-6-13;/h2-6,10-12,14,17,20H,7-9H2,1H3;1H. The van der Waals surface area contributed by atoms with Gasteiger partial charge in [0.25, 0.3) is 0 Å². The van der Waals surface area contributed by atoms with E-state index in [9.17, 15) is 8.42 Å². The molecule has 0 spiro atoms. The fourth-order valence-electron chi connectivity index (χ4n) is 2.72. The third-order valence-corrected chi connectivity index (χ3v) is 5.39. The zero-order valence-electron chi connectivity index (χ0n) is 13.3. The molecule has 3 rings (SSSR count). The van der Waals surface area contributed by atoms with Crippen molar-refractivity contribution >= 4 is 22.4 Å². The Hall–Kier alpha value is -1.54. The van der Waals surface area contributed by atoms with Crippen LogP contribution in [-0.4, -0.2) is 37.0 Å². The number of hydrogen-bond acceptors (Lipinski definition) is 5. The van der Waals surface area contributed by atoms with Crippen LogP contribution in [0.25, 0.3) is 11.4 Å². The Kier molecular flexibility index (Phi) is 6.28. The lowest BCUT2D eigenvalue weighted by Gasteiger charge is -2.28. The van der Waals surface area contributed by atoms with Crippen LogP contribution in [0.5, 0.6) is 0 Å². The number of piperidine rings is 1.